The molecule has 1 N–H and O–H groups in total. The zero-order valence-electron chi connectivity index (χ0n) is 10.6. The molecule has 1 aromatic rings. The van der Waals surface area contributed by atoms with Gasteiger partial charge in [0, 0.05) is 13.0 Å². The number of piperidine rings is 1. The maximum atomic E-state index is 13.4. The fourth-order valence-corrected chi connectivity index (χ4v) is 2.01. The van der Waals surface area contributed by atoms with E-state index in [1.807, 2.05) is 0 Å². The van der Waals surface area contributed by atoms with Gasteiger partial charge in [-0.1, -0.05) is 0 Å². The van der Waals surface area contributed by atoms with Crippen LogP contribution in [0.1, 0.15) is 19.3 Å². The molecule has 0 unspecified atom stereocenters. The predicted molar refractivity (Wildman–Crippen MR) is 65.4 cm³/mol. The molecule has 7 heteroatoms. The van der Waals surface area contributed by atoms with Crippen molar-refractivity contribution in [2.75, 3.05) is 18.4 Å². The summed E-state index contributed by atoms with van der Waals surface area (Å²) < 4.78 is 39.1. The molecule has 4 nitrogen and oxygen atoms in total. The van der Waals surface area contributed by atoms with Crippen LogP contribution in [0, 0.1) is 17.5 Å². The van der Waals surface area contributed by atoms with Gasteiger partial charge in [-0.05, 0) is 25.0 Å². The van der Waals surface area contributed by atoms with Crippen LogP contribution in [-0.4, -0.2) is 29.8 Å². The quantitative estimate of drug-likeness (QED) is 0.865. The molecule has 2 amide bonds. The summed E-state index contributed by atoms with van der Waals surface area (Å²) in [6, 6.07) is 1.66. The van der Waals surface area contributed by atoms with Gasteiger partial charge in [0.25, 0.3) is 0 Å². The van der Waals surface area contributed by atoms with E-state index in [2.05, 4.69) is 5.32 Å². The molecule has 0 atom stereocenters. The Kier molecular flexibility index (Phi) is 4.26. The number of likely N-dealkylation sites (tertiary alicyclic amines) is 1. The van der Waals surface area contributed by atoms with Gasteiger partial charge in [-0.15, -0.1) is 0 Å². The minimum absolute atomic E-state index is 0.142. The van der Waals surface area contributed by atoms with Gasteiger partial charge < -0.3 is 10.2 Å². The van der Waals surface area contributed by atoms with E-state index in [4.69, 9.17) is 0 Å². The number of carbonyl (C=O) groups is 2. The molecule has 108 valence electrons. The molecule has 0 spiro atoms. The van der Waals surface area contributed by atoms with Gasteiger partial charge in [0.1, 0.15) is 0 Å². The number of anilines is 1. The Balaban J connectivity index is 2.01. The number of nitrogens with zero attached hydrogens (tertiary/aromatic N) is 1. The first-order valence-electron chi connectivity index (χ1n) is 6.20. The lowest BCUT2D eigenvalue weighted by Crippen LogP contribution is -2.40. The SMILES string of the molecule is O=C(CN1CCCCC1=O)Nc1ccc(F)c(F)c1F. The van der Waals surface area contributed by atoms with Crippen molar-refractivity contribution in [2.45, 2.75) is 19.3 Å². The molecule has 0 radical (unpaired) electrons. The molecule has 2 rings (SSSR count). The number of amides is 2. The number of rotatable bonds is 3. The molecule has 1 aliphatic rings. The molecular weight excluding hydrogens is 273 g/mol. The van der Waals surface area contributed by atoms with Crippen molar-refractivity contribution < 1.29 is 22.8 Å². The summed E-state index contributed by atoms with van der Waals surface area (Å²) in [5.41, 5.74) is -0.446. The first-order valence-corrected chi connectivity index (χ1v) is 6.20. The average Bonchev–Trinajstić information content (AvgIpc) is 2.42. The summed E-state index contributed by atoms with van der Waals surface area (Å²) in [4.78, 5) is 24.6. The van der Waals surface area contributed by atoms with Crippen LogP contribution in [0.25, 0.3) is 0 Å². The first-order chi connectivity index (χ1) is 9.49. The van der Waals surface area contributed by atoms with E-state index < -0.39 is 29.0 Å². The smallest absolute Gasteiger partial charge is 0.244 e. The molecule has 1 aliphatic heterocycles. The van der Waals surface area contributed by atoms with Gasteiger partial charge in [0.2, 0.25) is 11.8 Å². The summed E-state index contributed by atoms with van der Waals surface area (Å²) in [6.07, 6.45) is 1.97. The van der Waals surface area contributed by atoms with Crippen molar-refractivity contribution in [1.29, 1.82) is 0 Å². The van der Waals surface area contributed by atoms with E-state index >= 15 is 0 Å². The second-order valence-corrected chi connectivity index (χ2v) is 4.54. The fourth-order valence-electron chi connectivity index (χ4n) is 2.01. The minimum atomic E-state index is -1.64. The Morgan fingerprint density at radius 1 is 1.20 bits per heavy atom. The van der Waals surface area contributed by atoms with Crippen LogP contribution >= 0.6 is 0 Å². The Morgan fingerprint density at radius 3 is 2.65 bits per heavy atom. The van der Waals surface area contributed by atoms with E-state index in [9.17, 15) is 22.8 Å². The van der Waals surface area contributed by atoms with Crippen LogP contribution in [0.5, 0.6) is 0 Å². The van der Waals surface area contributed by atoms with E-state index in [1.54, 1.807) is 0 Å². The summed E-state index contributed by atoms with van der Waals surface area (Å²) in [7, 11) is 0. The van der Waals surface area contributed by atoms with Crippen molar-refractivity contribution in [3.05, 3.63) is 29.6 Å². The van der Waals surface area contributed by atoms with E-state index in [0.29, 0.717) is 13.0 Å². The lowest BCUT2D eigenvalue weighted by molar-refractivity contribution is -0.136. The van der Waals surface area contributed by atoms with Crippen molar-refractivity contribution >= 4 is 17.5 Å². The molecule has 0 aromatic heterocycles. The van der Waals surface area contributed by atoms with Gasteiger partial charge in [0.05, 0.1) is 12.2 Å². The van der Waals surface area contributed by atoms with Crippen LogP contribution < -0.4 is 5.32 Å². The van der Waals surface area contributed by atoms with Gasteiger partial charge >= 0.3 is 0 Å². The molecule has 1 fully saturated rings. The van der Waals surface area contributed by atoms with Crippen LogP contribution in [0.15, 0.2) is 12.1 Å². The zero-order valence-corrected chi connectivity index (χ0v) is 10.6. The Bertz CT molecular complexity index is 549. The molecule has 1 saturated heterocycles. The highest BCUT2D eigenvalue weighted by Gasteiger charge is 2.21. The molecular formula is C13H13F3N2O2. The van der Waals surface area contributed by atoms with E-state index in [-0.39, 0.29) is 12.5 Å². The molecule has 1 heterocycles. The largest absolute Gasteiger partial charge is 0.333 e. The van der Waals surface area contributed by atoms with Gasteiger partial charge in [-0.25, -0.2) is 13.2 Å². The number of benzene rings is 1. The standard InChI is InChI=1S/C13H13F3N2O2/c14-8-4-5-9(13(16)12(8)15)17-10(19)7-18-6-2-1-3-11(18)20/h4-5H,1-3,6-7H2,(H,17,19). The average molecular weight is 286 g/mol. The third-order valence-electron chi connectivity index (χ3n) is 3.07. The number of carbonyl (C=O) groups excluding carboxylic acids is 2. The highest BCUT2D eigenvalue weighted by atomic mass is 19.2. The number of hydrogen-bond donors (Lipinski definition) is 1. The minimum Gasteiger partial charge on any atom is -0.333 e. The zero-order chi connectivity index (χ0) is 14.7. The number of hydrogen-bond acceptors (Lipinski definition) is 2. The van der Waals surface area contributed by atoms with Crippen molar-refractivity contribution in [3.63, 3.8) is 0 Å². The maximum Gasteiger partial charge on any atom is 0.244 e. The molecule has 1 aromatic carbocycles. The van der Waals surface area contributed by atoms with Crippen LogP contribution in [0.4, 0.5) is 18.9 Å². The van der Waals surface area contributed by atoms with Crippen LogP contribution in [-0.2, 0) is 9.59 Å². The normalized spacial score (nSPS) is 15.3. The lowest BCUT2D eigenvalue weighted by atomic mass is 10.1. The van der Waals surface area contributed by atoms with Crippen molar-refractivity contribution in [1.82, 2.24) is 4.90 Å². The summed E-state index contributed by atoms with van der Waals surface area (Å²) >= 11 is 0. The monoisotopic (exact) mass is 286 g/mol. The summed E-state index contributed by atoms with van der Waals surface area (Å²) in [5, 5.41) is 2.13. The van der Waals surface area contributed by atoms with E-state index in [0.717, 1.165) is 25.0 Å². The number of nitrogens with one attached hydrogen (secondary N) is 1. The predicted octanol–water partition coefficient (Wildman–Crippen LogP) is 2.05. The lowest BCUT2D eigenvalue weighted by Gasteiger charge is -2.26. The highest BCUT2D eigenvalue weighted by Crippen LogP contribution is 2.19. The Morgan fingerprint density at radius 2 is 1.95 bits per heavy atom. The Hall–Kier alpha value is -2.05. The molecule has 0 bridgehead atoms. The molecule has 20 heavy (non-hydrogen) atoms. The van der Waals surface area contributed by atoms with Crippen molar-refractivity contribution in [3.8, 4) is 0 Å². The van der Waals surface area contributed by atoms with Gasteiger partial charge in [-0.3, -0.25) is 9.59 Å². The maximum absolute atomic E-state index is 13.4. The third-order valence-corrected chi connectivity index (χ3v) is 3.07. The van der Waals surface area contributed by atoms with E-state index in [1.165, 1.54) is 4.90 Å². The second-order valence-electron chi connectivity index (χ2n) is 4.54. The fraction of sp³-hybridized carbons (Fsp3) is 0.385. The molecule has 0 aliphatic carbocycles. The summed E-state index contributed by atoms with van der Waals surface area (Å²) in [6.45, 7) is 0.240. The van der Waals surface area contributed by atoms with Gasteiger partial charge in [0.15, 0.2) is 17.5 Å². The van der Waals surface area contributed by atoms with Crippen LogP contribution in [0.3, 0.4) is 0 Å². The number of halogens is 3. The first kappa shape index (κ1) is 14.4. The van der Waals surface area contributed by atoms with Crippen LogP contribution in [0.2, 0.25) is 0 Å². The topological polar surface area (TPSA) is 49.4 Å². The summed E-state index contributed by atoms with van der Waals surface area (Å²) in [5.74, 6) is -5.21. The second kappa shape index (κ2) is 5.94. The van der Waals surface area contributed by atoms with Gasteiger partial charge in [-0.2, -0.15) is 0 Å². The Labute approximate surface area is 113 Å². The highest BCUT2D eigenvalue weighted by molar-refractivity contribution is 5.94. The molecule has 0 saturated carbocycles. The van der Waals surface area contributed by atoms with Crippen molar-refractivity contribution in [2.24, 2.45) is 0 Å². The third kappa shape index (κ3) is 3.09.